The van der Waals surface area contributed by atoms with Gasteiger partial charge in [-0.1, -0.05) is 20.8 Å². The molecule has 1 aromatic carbocycles. The average molecular weight is 276 g/mol. The van der Waals surface area contributed by atoms with Crippen molar-refractivity contribution in [3.05, 3.63) is 41.9 Å². The van der Waals surface area contributed by atoms with E-state index < -0.39 is 5.82 Å². The van der Waals surface area contributed by atoms with Crippen molar-refractivity contribution < 1.29 is 18.3 Å². The number of halogens is 1. The van der Waals surface area contributed by atoms with Gasteiger partial charge in [-0.25, -0.2) is 4.39 Å². The molecule has 20 heavy (non-hydrogen) atoms. The van der Waals surface area contributed by atoms with E-state index in [4.69, 9.17) is 9.15 Å². The molecule has 0 saturated carbocycles. The number of furan rings is 1. The SMILES string of the molecule is CC(C)(C)COc1ccc(-c2ccc(C=O)o2)cc1F. The van der Waals surface area contributed by atoms with E-state index in [9.17, 15) is 9.18 Å². The van der Waals surface area contributed by atoms with Crippen LogP contribution in [0.15, 0.2) is 34.7 Å². The number of ether oxygens (including phenoxy) is 1. The van der Waals surface area contributed by atoms with Crippen molar-refractivity contribution in [3.63, 3.8) is 0 Å². The second-order valence-electron chi connectivity index (χ2n) is 5.81. The van der Waals surface area contributed by atoms with Crippen LogP contribution in [-0.2, 0) is 0 Å². The Morgan fingerprint density at radius 2 is 2.00 bits per heavy atom. The lowest BCUT2D eigenvalue weighted by atomic mass is 9.99. The van der Waals surface area contributed by atoms with E-state index in [0.29, 0.717) is 24.2 Å². The van der Waals surface area contributed by atoms with E-state index in [-0.39, 0.29) is 16.9 Å². The zero-order valence-electron chi connectivity index (χ0n) is 11.8. The molecule has 0 aliphatic carbocycles. The van der Waals surface area contributed by atoms with E-state index >= 15 is 0 Å². The number of hydrogen-bond acceptors (Lipinski definition) is 3. The highest BCUT2D eigenvalue weighted by Crippen LogP contribution is 2.28. The van der Waals surface area contributed by atoms with E-state index in [1.165, 1.54) is 6.07 Å². The van der Waals surface area contributed by atoms with Crippen molar-refractivity contribution in [3.8, 4) is 17.1 Å². The summed E-state index contributed by atoms with van der Waals surface area (Å²) in [6.45, 7) is 6.48. The van der Waals surface area contributed by atoms with Crippen LogP contribution in [0.25, 0.3) is 11.3 Å². The second-order valence-corrected chi connectivity index (χ2v) is 5.81. The average Bonchev–Trinajstić information content (AvgIpc) is 2.85. The first kappa shape index (κ1) is 14.3. The van der Waals surface area contributed by atoms with Gasteiger partial charge >= 0.3 is 0 Å². The second kappa shape index (κ2) is 5.49. The molecule has 0 bridgehead atoms. The van der Waals surface area contributed by atoms with Crippen LogP contribution in [0.5, 0.6) is 5.75 Å². The first-order valence-corrected chi connectivity index (χ1v) is 6.37. The molecule has 0 N–H and O–H groups in total. The molecule has 2 aromatic rings. The summed E-state index contributed by atoms with van der Waals surface area (Å²) in [4.78, 5) is 10.6. The fourth-order valence-corrected chi connectivity index (χ4v) is 1.64. The maximum Gasteiger partial charge on any atom is 0.185 e. The van der Waals surface area contributed by atoms with E-state index in [0.717, 1.165) is 0 Å². The minimum atomic E-state index is -0.448. The predicted octanol–water partition coefficient (Wildman–Crippen LogP) is 4.32. The Morgan fingerprint density at radius 1 is 1.25 bits per heavy atom. The zero-order valence-corrected chi connectivity index (χ0v) is 11.8. The lowest BCUT2D eigenvalue weighted by molar-refractivity contribution is 0.110. The van der Waals surface area contributed by atoms with E-state index in [1.54, 1.807) is 24.3 Å². The van der Waals surface area contributed by atoms with Gasteiger partial charge in [-0.2, -0.15) is 0 Å². The third-order valence-electron chi connectivity index (χ3n) is 2.62. The Morgan fingerprint density at radius 3 is 2.55 bits per heavy atom. The van der Waals surface area contributed by atoms with Gasteiger partial charge in [-0.3, -0.25) is 4.79 Å². The minimum Gasteiger partial charge on any atom is -0.490 e. The molecular weight excluding hydrogens is 259 g/mol. The Labute approximate surface area is 117 Å². The maximum atomic E-state index is 14.0. The standard InChI is InChI=1S/C16H17FO3/c1-16(2,3)10-19-15-6-4-11(8-13(15)17)14-7-5-12(9-18)20-14/h4-9H,10H2,1-3H3. The molecule has 0 aliphatic heterocycles. The summed E-state index contributed by atoms with van der Waals surface area (Å²) < 4.78 is 24.7. The van der Waals surface area contributed by atoms with Crippen molar-refractivity contribution in [1.29, 1.82) is 0 Å². The van der Waals surface area contributed by atoms with Crippen LogP contribution in [0, 0.1) is 11.2 Å². The van der Waals surface area contributed by atoms with Gasteiger partial charge in [0.05, 0.1) is 6.61 Å². The summed E-state index contributed by atoms with van der Waals surface area (Å²) in [5, 5.41) is 0. The van der Waals surface area contributed by atoms with Crippen molar-refractivity contribution >= 4 is 6.29 Å². The molecule has 1 heterocycles. The predicted molar refractivity (Wildman–Crippen MR) is 74.4 cm³/mol. The summed E-state index contributed by atoms with van der Waals surface area (Å²) >= 11 is 0. The monoisotopic (exact) mass is 276 g/mol. The van der Waals surface area contributed by atoms with Gasteiger partial charge in [0.1, 0.15) is 5.76 Å². The number of aldehydes is 1. The van der Waals surface area contributed by atoms with Gasteiger partial charge < -0.3 is 9.15 Å². The van der Waals surface area contributed by atoms with Crippen LogP contribution in [0.2, 0.25) is 0 Å². The molecule has 4 heteroatoms. The Bertz CT molecular complexity index is 608. The third kappa shape index (κ3) is 3.47. The van der Waals surface area contributed by atoms with Gasteiger partial charge in [0.25, 0.3) is 0 Å². The van der Waals surface area contributed by atoms with Gasteiger partial charge in [-0.15, -0.1) is 0 Å². The summed E-state index contributed by atoms with van der Waals surface area (Å²) in [7, 11) is 0. The molecular formula is C16H17FO3. The summed E-state index contributed by atoms with van der Waals surface area (Å²) in [5.41, 5.74) is 0.532. The van der Waals surface area contributed by atoms with Gasteiger partial charge in [-0.05, 0) is 35.7 Å². The van der Waals surface area contributed by atoms with Crippen molar-refractivity contribution in [1.82, 2.24) is 0 Å². The largest absolute Gasteiger partial charge is 0.490 e. The van der Waals surface area contributed by atoms with Crippen LogP contribution in [0.1, 0.15) is 31.3 Å². The molecule has 0 unspecified atom stereocenters. The molecule has 3 nitrogen and oxygen atoms in total. The van der Waals surface area contributed by atoms with E-state index in [2.05, 4.69) is 0 Å². The van der Waals surface area contributed by atoms with Crippen LogP contribution >= 0.6 is 0 Å². The number of carbonyl (C=O) groups is 1. The minimum absolute atomic E-state index is 0.0367. The molecule has 0 radical (unpaired) electrons. The Hall–Kier alpha value is -2.10. The lowest BCUT2D eigenvalue weighted by Gasteiger charge is -2.19. The summed E-state index contributed by atoms with van der Waals surface area (Å²) in [6.07, 6.45) is 0.612. The fourth-order valence-electron chi connectivity index (χ4n) is 1.64. The van der Waals surface area contributed by atoms with Crippen molar-refractivity contribution in [2.24, 2.45) is 5.41 Å². The molecule has 2 rings (SSSR count). The molecule has 106 valence electrons. The molecule has 0 spiro atoms. The Kier molecular flexibility index (Phi) is 3.93. The van der Waals surface area contributed by atoms with Crippen molar-refractivity contribution in [2.45, 2.75) is 20.8 Å². The molecule has 0 aliphatic rings. The summed E-state index contributed by atoms with van der Waals surface area (Å²) in [6, 6.07) is 7.79. The fraction of sp³-hybridized carbons (Fsp3) is 0.312. The zero-order chi connectivity index (χ0) is 14.8. The molecule has 0 atom stereocenters. The number of benzene rings is 1. The first-order chi connectivity index (χ1) is 9.39. The summed E-state index contributed by atoms with van der Waals surface area (Å²) in [5.74, 6) is 0.434. The number of carbonyl (C=O) groups excluding carboxylic acids is 1. The van der Waals surface area contributed by atoms with Crippen molar-refractivity contribution in [2.75, 3.05) is 6.61 Å². The molecule has 0 amide bonds. The quantitative estimate of drug-likeness (QED) is 0.780. The van der Waals surface area contributed by atoms with Gasteiger partial charge in [0, 0.05) is 5.56 Å². The smallest absolute Gasteiger partial charge is 0.185 e. The van der Waals surface area contributed by atoms with Gasteiger partial charge in [0.2, 0.25) is 0 Å². The van der Waals surface area contributed by atoms with Crippen LogP contribution in [0.4, 0.5) is 4.39 Å². The molecule has 1 aromatic heterocycles. The number of rotatable bonds is 4. The first-order valence-electron chi connectivity index (χ1n) is 6.37. The lowest BCUT2D eigenvalue weighted by Crippen LogP contribution is -2.17. The molecule has 0 fully saturated rings. The normalized spacial score (nSPS) is 11.4. The van der Waals surface area contributed by atoms with E-state index in [1.807, 2.05) is 20.8 Å². The topological polar surface area (TPSA) is 39.4 Å². The van der Waals surface area contributed by atoms with Crippen LogP contribution in [0.3, 0.4) is 0 Å². The number of hydrogen-bond donors (Lipinski definition) is 0. The van der Waals surface area contributed by atoms with Crippen LogP contribution < -0.4 is 4.74 Å². The highest BCUT2D eigenvalue weighted by atomic mass is 19.1. The third-order valence-corrected chi connectivity index (χ3v) is 2.62. The highest BCUT2D eigenvalue weighted by molar-refractivity contribution is 5.72. The Balaban J connectivity index is 2.19. The maximum absolute atomic E-state index is 14.0. The van der Waals surface area contributed by atoms with Crippen LogP contribution in [-0.4, -0.2) is 12.9 Å². The molecule has 0 saturated heterocycles. The van der Waals surface area contributed by atoms with Gasteiger partial charge in [0.15, 0.2) is 23.6 Å². The highest BCUT2D eigenvalue weighted by Gasteiger charge is 2.14.